The number of nitrogens with one attached hydrogen (secondary N) is 1. The van der Waals surface area contributed by atoms with Gasteiger partial charge in [-0.2, -0.15) is 26.3 Å². The summed E-state index contributed by atoms with van der Waals surface area (Å²) in [6.45, 7) is 0. The predicted octanol–water partition coefficient (Wildman–Crippen LogP) is 4.64. The Morgan fingerprint density at radius 2 is 1.71 bits per heavy atom. The van der Waals surface area contributed by atoms with Crippen molar-refractivity contribution in [2.24, 2.45) is 0 Å². The Labute approximate surface area is 174 Å². The van der Waals surface area contributed by atoms with Crippen LogP contribution in [0, 0.1) is 10.1 Å². The van der Waals surface area contributed by atoms with Gasteiger partial charge >= 0.3 is 11.7 Å². The third-order valence-corrected chi connectivity index (χ3v) is 5.87. The van der Waals surface area contributed by atoms with Crippen molar-refractivity contribution in [2.75, 3.05) is 11.1 Å². The average molecular weight is 488 g/mol. The lowest BCUT2D eigenvalue weighted by atomic mass is 10.2. The van der Waals surface area contributed by atoms with Crippen molar-refractivity contribution < 1.29 is 44.5 Å². The maximum atomic E-state index is 12.7. The Morgan fingerprint density at radius 1 is 1.06 bits per heavy atom. The van der Waals surface area contributed by atoms with Crippen LogP contribution in [-0.2, 0) is 20.8 Å². The second-order valence-electron chi connectivity index (χ2n) is 5.82. The molecule has 15 heteroatoms. The van der Waals surface area contributed by atoms with Crippen molar-refractivity contribution >= 4 is 38.9 Å². The first-order valence-electron chi connectivity index (χ1n) is 7.82. The zero-order chi connectivity index (χ0) is 23.6. The summed E-state index contributed by atoms with van der Waals surface area (Å²) in [5.74, 6) is -2.70. The molecule has 1 amide bonds. The average Bonchev–Trinajstić information content (AvgIpc) is 2.59. The molecule has 168 valence electrons. The molecule has 7 nitrogen and oxygen atoms in total. The number of hydrogen-bond donors (Lipinski definition) is 1. The number of amides is 1. The van der Waals surface area contributed by atoms with E-state index in [2.05, 4.69) is 0 Å². The van der Waals surface area contributed by atoms with E-state index in [9.17, 15) is 49.7 Å². The quantitative estimate of drug-likeness (QED) is 0.275. The number of thioether (sulfide) groups is 1. The van der Waals surface area contributed by atoms with Crippen LogP contribution in [0.5, 0.6) is 0 Å². The molecule has 0 aromatic heterocycles. The van der Waals surface area contributed by atoms with Crippen LogP contribution < -0.4 is 5.32 Å². The molecule has 0 aliphatic rings. The van der Waals surface area contributed by atoms with E-state index in [0.29, 0.717) is 24.3 Å². The fraction of sp³-hybridized carbons (Fsp3) is 0.188. The zero-order valence-electron chi connectivity index (χ0n) is 14.8. The summed E-state index contributed by atoms with van der Waals surface area (Å²) in [7, 11) is -4.72. The van der Waals surface area contributed by atoms with E-state index in [-0.39, 0.29) is 5.69 Å². The fourth-order valence-electron chi connectivity index (χ4n) is 2.32. The van der Waals surface area contributed by atoms with Gasteiger partial charge in [-0.1, -0.05) is 6.07 Å². The minimum atomic E-state index is -4.78. The van der Waals surface area contributed by atoms with Gasteiger partial charge in [-0.3, -0.25) is 14.9 Å². The Bertz CT molecular complexity index is 1120. The molecule has 0 spiro atoms. The van der Waals surface area contributed by atoms with Crippen LogP contribution in [0.4, 0.5) is 37.7 Å². The summed E-state index contributed by atoms with van der Waals surface area (Å²) < 4.78 is 100. The van der Waals surface area contributed by atoms with Gasteiger partial charge in [-0.25, -0.2) is 8.42 Å². The van der Waals surface area contributed by atoms with Crippen LogP contribution in [0.15, 0.2) is 52.3 Å². The number of benzene rings is 2. The predicted molar refractivity (Wildman–Crippen MR) is 97.1 cm³/mol. The molecule has 0 aliphatic carbocycles. The van der Waals surface area contributed by atoms with E-state index in [1.54, 1.807) is 0 Å². The highest BCUT2D eigenvalue weighted by molar-refractivity contribution is 8.00. The van der Waals surface area contributed by atoms with E-state index in [1.807, 2.05) is 5.32 Å². The number of carbonyl (C=O) groups is 1. The number of anilines is 1. The topological polar surface area (TPSA) is 106 Å². The number of nitrogens with zero attached hydrogens (tertiary/aromatic N) is 1. The molecule has 0 saturated carbocycles. The largest absolute Gasteiger partial charge is 0.446 e. The molecule has 1 N–H and O–H groups in total. The number of nitro benzene ring substituents is 1. The fourth-order valence-corrected chi connectivity index (χ4v) is 4.19. The van der Waals surface area contributed by atoms with Gasteiger partial charge in [0.25, 0.3) is 5.69 Å². The van der Waals surface area contributed by atoms with Crippen LogP contribution in [0.1, 0.15) is 5.56 Å². The van der Waals surface area contributed by atoms with E-state index >= 15 is 0 Å². The molecule has 0 heterocycles. The second kappa shape index (κ2) is 8.74. The van der Waals surface area contributed by atoms with E-state index in [4.69, 9.17) is 0 Å². The number of alkyl halides is 6. The first-order valence-corrected chi connectivity index (χ1v) is 10.3. The van der Waals surface area contributed by atoms with Crippen LogP contribution in [0.3, 0.4) is 0 Å². The monoisotopic (exact) mass is 488 g/mol. The number of halogens is 6. The summed E-state index contributed by atoms with van der Waals surface area (Å²) >= 11 is -0.700. The molecule has 2 aromatic carbocycles. The lowest BCUT2D eigenvalue weighted by Gasteiger charge is -2.11. The smallest absolute Gasteiger partial charge is 0.325 e. The maximum Gasteiger partial charge on any atom is 0.446 e. The van der Waals surface area contributed by atoms with Gasteiger partial charge in [0.2, 0.25) is 5.91 Å². The first-order chi connectivity index (χ1) is 14.1. The lowest BCUT2D eigenvalue weighted by molar-refractivity contribution is -0.388. The number of carbonyl (C=O) groups excluding carboxylic acids is 1. The number of rotatable bonds is 6. The minimum absolute atomic E-state index is 0.374. The van der Waals surface area contributed by atoms with Gasteiger partial charge in [0.15, 0.2) is 9.84 Å². The highest BCUT2D eigenvalue weighted by Gasteiger charge is 2.33. The van der Waals surface area contributed by atoms with Crippen LogP contribution in [0.25, 0.3) is 0 Å². The van der Waals surface area contributed by atoms with Gasteiger partial charge < -0.3 is 5.32 Å². The molecule has 2 rings (SSSR count). The standard InChI is InChI=1S/C16H10F6N2O5S2/c17-15(18,19)9-2-1-3-10(6-9)23-14(25)8-31(28,29)13-5-4-11(30-16(20,21)22)7-12(13)24(26)27/h1-7H,8H2,(H,23,25). The van der Waals surface area contributed by atoms with Gasteiger partial charge in [0.1, 0.15) is 10.6 Å². The molecule has 0 atom stereocenters. The first kappa shape index (κ1) is 24.5. The third kappa shape index (κ3) is 6.85. The van der Waals surface area contributed by atoms with E-state index < -0.39 is 70.9 Å². The van der Waals surface area contributed by atoms with Crippen molar-refractivity contribution in [3.8, 4) is 0 Å². The molecule has 0 saturated heterocycles. The van der Waals surface area contributed by atoms with Crippen molar-refractivity contribution in [1.82, 2.24) is 0 Å². The molecule has 0 aliphatic heterocycles. The summed E-state index contributed by atoms with van der Waals surface area (Å²) in [5.41, 5.74) is -7.44. The Balaban J connectivity index is 2.27. The van der Waals surface area contributed by atoms with Gasteiger partial charge in [-0.15, -0.1) is 0 Å². The molecule has 2 aromatic rings. The second-order valence-corrected chi connectivity index (χ2v) is 8.92. The minimum Gasteiger partial charge on any atom is -0.325 e. The Hall–Kier alpha value is -2.81. The summed E-state index contributed by atoms with van der Waals surface area (Å²) in [5, 5.41) is 13.1. The molecule has 31 heavy (non-hydrogen) atoms. The molecule has 0 unspecified atom stereocenters. The number of sulfone groups is 1. The van der Waals surface area contributed by atoms with Gasteiger partial charge in [0, 0.05) is 16.6 Å². The number of nitro groups is 1. The van der Waals surface area contributed by atoms with E-state index in [0.717, 1.165) is 18.2 Å². The SMILES string of the molecule is O=C(CS(=O)(=O)c1ccc(SC(F)(F)F)cc1[N+](=O)[O-])Nc1cccc(C(F)(F)F)c1. The Kier molecular flexibility index (Phi) is 6.90. The zero-order valence-corrected chi connectivity index (χ0v) is 16.5. The van der Waals surface area contributed by atoms with E-state index in [1.165, 1.54) is 0 Å². The van der Waals surface area contributed by atoms with Crippen LogP contribution in [-0.4, -0.2) is 30.5 Å². The molecule has 0 fully saturated rings. The van der Waals surface area contributed by atoms with Crippen LogP contribution >= 0.6 is 11.8 Å². The van der Waals surface area contributed by atoms with Crippen molar-refractivity contribution in [2.45, 2.75) is 21.5 Å². The van der Waals surface area contributed by atoms with Gasteiger partial charge in [-0.05, 0) is 42.1 Å². The lowest BCUT2D eigenvalue weighted by Crippen LogP contribution is -2.23. The van der Waals surface area contributed by atoms with Crippen molar-refractivity contribution in [3.05, 3.63) is 58.1 Å². The summed E-state index contributed by atoms with van der Waals surface area (Å²) in [6, 6.07) is 4.93. The highest BCUT2D eigenvalue weighted by Crippen LogP contribution is 2.39. The molecule has 0 bridgehead atoms. The Morgan fingerprint density at radius 3 is 2.26 bits per heavy atom. The van der Waals surface area contributed by atoms with Crippen molar-refractivity contribution in [1.29, 1.82) is 0 Å². The molecular formula is C16H10F6N2O5S2. The molecular weight excluding hydrogens is 478 g/mol. The molecule has 0 radical (unpaired) electrons. The normalized spacial score (nSPS) is 12.5. The summed E-state index contributed by atoms with van der Waals surface area (Å²) in [6.07, 6.45) is -4.72. The van der Waals surface area contributed by atoms with Crippen molar-refractivity contribution in [3.63, 3.8) is 0 Å². The van der Waals surface area contributed by atoms with Gasteiger partial charge in [0.05, 0.1) is 10.5 Å². The third-order valence-electron chi connectivity index (χ3n) is 3.49. The number of hydrogen-bond acceptors (Lipinski definition) is 6. The van der Waals surface area contributed by atoms with Crippen LogP contribution in [0.2, 0.25) is 0 Å². The maximum absolute atomic E-state index is 12.7. The highest BCUT2D eigenvalue weighted by atomic mass is 32.2. The summed E-state index contributed by atoms with van der Waals surface area (Å²) in [4.78, 5) is 20.3.